The van der Waals surface area contributed by atoms with Crippen molar-refractivity contribution in [2.24, 2.45) is 11.1 Å². The molecule has 1 aliphatic heterocycles. The lowest BCUT2D eigenvalue weighted by Gasteiger charge is -2.57. The van der Waals surface area contributed by atoms with Gasteiger partial charge in [0.2, 0.25) is 15.9 Å². The number of anilines is 2. The van der Waals surface area contributed by atoms with E-state index in [1.807, 2.05) is 20.8 Å². The van der Waals surface area contributed by atoms with E-state index in [-0.39, 0.29) is 30.2 Å². The number of hydrogen-bond donors (Lipinski definition) is 2. The lowest BCUT2D eigenvalue weighted by atomic mass is 9.54. The topological polar surface area (TPSA) is 102 Å². The summed E-state index contributed by atoms with van der Waals surface area (Å²) in [6.07, 6.45) is 1.07. The maximum absolute atomic E-state index is 12.7. The molecule has 3 N–H and O–H groups in total. The van der Waals surface area contributed by atoms with Crippen LogP contribution in [0.1, 0.15) is 33.6 Å². The number of carbonyl (C=O) groups excluding carboxylic acids is 1. The van der Waals surface area contributed by atoms with Crippen LogP contribution in [0, 0.1) is 5.41 Å². The molecule has 9 heteroatoms. The Bertz CT molecular complexity index is 797. The number of sulfonamides is 1. The minimum absolute atomic E-state index is 0. The molecule has 2 unspecified atom stereocenters. The molecule has 0 spiro atoms. The van der Waals surface area contributed by atoms with Gasteiger partial charge in [-0.1, -0.05) is 13.8 Å². The molecule has 27 heavy (non-hydrogen) atoms. The van der Waals surface area contributed by atoms with Gasteiger partial charge in [-0.25, -0.2) is 8.42 Å². The fourth-order valence-corrected chi connectivity index (χ4v) is 5.27. The summed E-state index contributed by atoms with van der Waals surface area (Å²) >= 11 is 0. The third kappa shape index (κ3) is 3.68. The Morgan fingerprint density at radius 1 is 1.33 bits per heavy atom. The maximum Gasteiger partial charge on any atom is 0.245 e. The Morgan fingerprint density at radius 3 is 2.44 bits per heavy atom. The molecule has 1 amide bonds. The van der Waals surface area contributed by atoms with Gasteiger partial charge in [0.25, 0.3) is 0 Å². The number of nitrogens with one attached hydrogen (secondary N) is 1. The average Bonchev–Trinajstić information content (AvgIpc) is 2.94. The Hall–Kier alpha value is -1.35. The zero-order valence-electron chi connectivity index (χ0n) is 15.9. The maximum atomic E-state index is 12.7. The largest absolute Gasteiger partial charge is 0.378 e. The number of nitrogens with zero attached hydrogens (tertiary/aromatic N) is 1. The molecule has 2 aliphatic rings. The van der Waals surface area contributed by atoms with Gasteiger partial charge in [0, 0.05) is 30.7 Å². The van der Waals surface area contributed by atoms with Gasteiger partial charge in [-0.3, -0.25) is 9.10 Å². The second kappa shape index (κ2) is 7.58. The van der Waals surface area contributed by atoms with Gasteiger partial charge in [0.1, 0.15) is 5.54 Å². The minimum Gasteiger partial charge on any atom is -0.378 e. The highest BCUT2D eigenvalue weighted by atomic mass is 35.5. The molecular formula is C18H28ClN3O4S. The number of hydrogen-bond acceptors (Lipinski definition) is 5. The number of carbonyl (C=O) groups is 1. The van der Waals surface area contributed by atoms with Gasteiger partial charge < -0.3 is 15.8 Å². The van der Waals surface area contributed by atoms with Crippen LogP contribution in [0.25, 0.3) is 0 Å². The van der Waals surface area contributed by atoms with Crippen LogP contribution in [0.3, 0.4) is 0 Å². The summed E-state index contributed by atoms with van der Waals surface area (Å²) in [7, 11) is -3.21. The summed E-state index contributed by atoms with van der Waals surface area (Å²) in [5.74, 6) is -0.0722. The number of halogens is 1. The van der Waals surface area contributed by atoms with Gasteiger partial charge in [-0.2, -0.15) is 0 Å². The standard InChI is InChI=1S/C18H27N3O4S.ClH/c1-4-25-15-12-18(19,17(15,2)3)16(22)20-13-6-8-14(9-7-13)21-10-5-11-26(21,23)24;/h6-9,15H,4-5,10-12,19H2,1-3H3,(H,20,22);1H. The van der Waals surface area contributed by atoms with E-state index in [4.69, 9.17) is 10.5 Å². The van der Waals surface area contributed by atoms with Crippen LogP contribution in [-0.2, 0) is 19.6 Å². The molecule has 1 saturated heterocycles. The Kier molecular flexibility index (Phi) is 6.16. The van der Waals surface area contributed by atoms with E-state index in [0.717, 1.165) is 0 Å². The molecule has 0 bridgehead atoms. The van der Waals surface area contributed by atoms with Crippen molar-refractivity contribution in [3.63, 3.8) is 0 Å². The van der Waals surface area contributed by atoms with Crippen molar-refractivity contribution in [1.29, 1.82) is 0 Å². The number of benzene rings is 1. The van der Waals surface area contributed by atoms with Crippen LogP contribution in [0.5, 0.6) is 0 Å². The molecule has 1 aliphatic carbocycles. The van der Waals surface area contributed by atoms with Crippen molar-refractivity contribution in [3.05, 3.63) is 24.3 Å². The first-order valence-corrected chi connectivity index (χ1v) is 10.5. The van der Waals surface area contributed by atoms with Gasteiger partial charge >= 0.3 is 0 Å². The normalized spacial score (nSPS) is 28.1. The zero-order valence-corrected chi connectivity index (χ0v) is 17.5. The van der Waals surface area contributed by atoms with E-state index < -0.39 is 21.0 Å². The van der Waals surface area contributed by atoms with Crippen molar-refractivity contribution in [2.75, 3.05) is 28.5 Å². The van der Waals surface area contributed by atoms with Crippen molar-refractivity contribution >= 4 is 39.7 Å². The summed E-state index contributed by atoms with van der Waals surface area (Å²) < 4.78 is 31.0. The molecular weight excluding hydrogens is 390 g/mol. The quantitative estimate of drug-likeness (QED) is 0.763. The molecule has 1 aromatic carbocycles. The average molecular weight is 418 g/mol. The van der Waals surface area contributed by atoms with Crippen molar-refractivity contribution in [1.82, 2.24) is 0 Å². The summed E-state index contributed by atoms with van der Waals surface area (Å²) in [5.41, 5.74) is 6.13. The highest BCUT2D eigenvalue weighted by Crippen LogP contribution is 2.50. The van der Waals surface area contributed by atoms with E-state index >= 15 is 0 Å². The molecule has 152 valence electrons. The van der Waals surface area contributed by atoms with Gasteiger partial charge in [0.05, 0.1) is 17.5 Å². The van der Waals surface area contributed by atoms with Crippen LogP contribution in [0.4, 0.5) is 11.4 Å². The Balaban J connectivity index is 0.00000261. The fourth-order valence-electron chi connectivity index (χ4n) is 3.70. The van der Waals surface area contributed by atoms with Crippen molar-refractivity contribution in [3.8, 4) is 0 Å². The Labute approximate surface area is 167 Å². The molecule has 3 rings (SSSR count). The van der Waals surface area contributed by atoms with Crippen LogP contribution in [-0.4, -0.2) is 44.9 Å². The predicted octanol–water partition coefficient (Wildman–Crippen LogP) is 2.12. The summed E-state index contributed by atoms with van der Waals surface area (Å²) in [6, 6.07) is 6.82. The zero-order chi connectivity index (χ0) is 19.2. The van der Waals surface area contributed by atoms with Crippen LogP contribution in [0.2, 0.25) is 0 Å². The molecule has 0 radical (unpaired) electrons. The van der Waals surface area contributed by atoms with Gasteiger partial charge in [0.15, 0.2) is 0 Å². The second-order valence-electron chi connectivity index (χ2n) is 7.58. The lowest BCUT2D eigenvalue weighted by Crippen LogP contribution is -2.74. The highest BCUT2D eigenvalue weighted by molar-refractivity contribution is 7.93. The van der Waals surface area contributed by atoms with Crippen molar-refractivity contribution < 1.29 is 17.9 Å². The van der Waals surface area contributed by atoms with Crippen LogP contribution >= 0.6 is 12.4 Å². The summed E-state index contributed by atoms with van der Waals surface area (Å²) in [6.45, 7) is 6.89. The Morgan fingerprint density at radius 2 is 1.96 bits per heavy atom. The van der Waals surface area contributed by atoms with E-state index in [1.165, 1.54) is 4.31 Å². The van der Waals surface area contributed by atoms with Crippen LogP contribution < -0.4 is 15.4 Å². The number of nitrogens with two attached hydrogens (primary N) is 1. The predicted molar refractivity (Wildman–Crippen MR) is 109 cm³/mol. The van der Waals surface area contributed by atoms with E-state index in [9.17, 15) is 13.2 Å². The monoisotopic (exact) mass is 417 g/mol. The molecule has 1 heterocycles. The summed E-state index contributed by atoms with van der Waals surface area (Å²) in [5, 5.41) is 2.85. The minimum atomic E-state index is -3.21. The fraction of sp³-hybridized carbons (Fsp3) is 0.611. The number of ether oxygens (including phenoxy) is 1. The van der Waals surface area contributed by atoms with E-state index in [1.54, 1.807) is 24.3 Å². The summed E-state index contributed by atoms with van der Waals surface area (Å²) in [4.78, 5) is 12.7. The second-order valence-corrected chi connectivity index (χ2v) is 9.60. The smallest absolute Gasteiger partial charge is 0.245 e. The van der Waals surface area contributed by atoms with Gasteiger partial charge in [-0.05, 0) is 37.6 Å². The van der Waals surface area contributed by atoms with Gasteiger partial charge in [-0.15, -0.1) is 12.4 Å². The lowest BCUT2D eigenvalue weighted by molar-refractivity contribution is -0.166. The number of amides is 1. The first kappa shape index (κ1) is 21.9. The van der Waals surface area contributed by atoms with Crippen LogP contribution in [0.15, 0.2) is 24.3 Å². The van der Waals surface area contributed by atoms with E-state index in [2.05, 4.69) is 5.32 Å². The molecule has 1 saturated carbocycles. The van der Waals surface area contributed by atoms with E-state index in [0.29, 0.717) is 37.4 Å². The molecule has 0 aromatic heterocycles. The van der Waals surface area contributed by atoms with Crippen molar-refractivity contribution in [2.45, 2.75) is 45.3 Å². The molecule has 1 aromatic rings. The first-order valence-electron chi connectivity index (χ1n) is 8.94. The molecule has 7 nitrogen and oxygen atoms in total. The SMILES string of the molecule is CCOC1CC(N)(C(=O)Nc2ccc(N3CCCS3(=O)=O)cc2)C1(C)C.Cl. The molecule has 2 fully saturated rings. The molecule has 2 atom stereocenters. The third-order valence-corrected chi connectivity index (χ3v) is 7.62. The first-order chi connectivity index (χ1) is 12.1. The third-order valence-electron chi connectivity index (χ3n) is 5.75. The number of rotatable bonds is 5. The highest BCUT2D eigenvalue weighted by Gasteiger charge is 2.62.